The Kier molecular flexibility index (Phi) is 5.49. The standard InChI is InChI=1S/C22H19N3O4S/c1-27-15-9-18(28-2)16(19(10-15)29-3)11-24-25-13-23-21-20(22(25)26)17(12-30-21)14-7-5-4-6-8-14/h4-13H,1-3H3/b24-11+. The third-order valence-electron chi connectivity index (χ3n) is 4.63. The smallest absolute Gasteiger partial charge is 0.283 e. The Morgan fingerprint density at radius 2 is 1.73 bits per heavy atom. The second kappa shape index (κ2) is 8.38. The Hall–Kier alpha value is -3.65. The van der Waals surface area contributed by atoms with E-state index >= 15 is 0 Å². The summed E-state index contributed by atoms with van der Waals surface area (Å²) in [7, 11) is 4.65. The highest BCUT2D eigenvalue weighted by Gasteiger charge is 2.14. The van der Waals surface area contributed by atoms with Crippen molar-refractivity contribution in [1.82, 2.24) is 9.66 Å². The quantitative estimate of drug-likeness (QED) is 0.440. The van der Waals surface area contributed by atoms with Crippen LogP contribution in [-0.2, 0) is 0 Å². The molecule has 0 aliphatic heterocycles. The second-order valence-electron chi connectivity index (χ2n) is 6.28. The molecule has 2 aromatic heterocycles. The molecule has 0 unspecified atom stereocenters. The van der Waals surface area contributed by atoms with Crippen LogP contribution in [0.1, 0.15) is 5.56 Å². The lowest BCUT2D eigenvalue weighted by Crippen LogP contribution is -2.17. The van der Waals surface area contributed by atoms with Crippen LogP contribution in [0.2, 0.25) is 0 Å². The van der Waals surface area contributed by atoms with E-state index in [1.807, 2.05) is 35.7 Å². The Morgan fingerprint density at radius 3 is 2.37 bits per heavy atom. The Balaban J connectivity index is 1.81. The van der Waals surface area contributed by atoms with Crippen molar-refractivity contribution >= 4 is 27.8 Å². The molecule has 0 amide bonds. The van der Waals surface area contributed by atoms with Gasteiger partial charge in [0.15, 0.2) is 0 Å². The molecule has 0 aliphatic carbocycles. The van der Waals surface area contributed by atoms with Gasteiger partial charge in [-0.05, 0) is 5.56 Å². The molecule has 4 rings (SSSR count). The summed E-state index contributed by atoms with van der Waals surface area (Å²) in [5.41, 5.74) is 2.14. The Labute approximate surface area is 176 Å². The molecule has 0 aliphatic rings. The van der Waals surface area contributed by atoms with Gasteiger partial charge in [-0.2, -0.15) is 9.78 Å². The third-order valence-corrected chi connectivity index (χ3v) is 5.51. The number of rotatable bonds is 6. The van der Waals surface area contributed by atoms with Gasteiger partial charge in [0, 0.05) is 23.1 Å². The number of nitrogens with zero attached hydrogens (tertiary/aromatic N) is 3. The van der Waals surface area contributed by atoms with Crippen molar-refractivity contribution in [2.75, 3.05) is 21.3 Å². The lowest BCUT2D eigenvalue weighted by Gasteiger charge is -2.12. The monoisotopic (exact) mass is 421 g/mol. The van der Waals surface area contributed by atoms with Crippen LogP contribution in [0.3, 0.4) is 0 Å². The summed E-state index contributed by atoms with van der Waals surface area (Å²) in [6.45, 7) is 0. The molecular formula is C22H19N3O4S. The molecular weight excluding hydrogens is 402 g/mol. The molecule has 2 heterocycles. The zero-order valence-electron chi connectivity index (χ0n) is 16.7. The lowest BCUT2D eigenvalue weighted by atomic mass is 10.1. The largest absolute Gasteiger partial charge is 0.496 e. The predicted octanol–water partition coefficient (Wildman–Crippen LogP) is 4.03. The van der Waals surface area contributed by atoms with Gasteiger partial charge in [0.2, 0.25) is 0 Å². The average molecular weight is 421 g/mol. The van der Waals surface area contributed by atoms with E-state index in [1.165, 1.54) is 28.6 Å². The fourth-order valence-electron chi connectivity index (χ4n) is 3.12. The van der Waals surface area contributed by atoms with Crippen LogP contribution in [-0.4, -0.2) is 37.2 Å². The molecule has 0 N–H and O–H groups in total. The maximum Gasteiger partial charge on any atom is 0.283 e. The van der Waals surface area contributed by atoms with Crippen molar-refractivity contribution in [3.8, 4) is 28.4 Å². The fraction of sp³-hybridized carbons (Fsp3) is 0.136. The highest BCUT2D eigenvalue weighted by Crippen LogP contribution is 2.33. The van der Waals surface area contributed by atoms with Crippen molar-refractivity contribution in [3.63, 3.8) is 0 Å². The first-order chi connectivity index (χ1) is 14.7. The first-order valence-corrected chi connectivity index (χ1v) is 9.93. The van der Waals surface area contributed by atoms with E-state index < -0.39 is 0 Å². The number of hydrogen-bond donors (Lipinski definition) is 0. The number of hydrogen-bond acceptors (Lipinski definition) is 7. The van der Waals surface area contributed by atoms with E-state index in [4.69, 9.17) is 14.2 Å². The minimum Gasteiger partial charge on any atom is -0.496 e. The van der Waals surface area contributed by atoms with Gasteiger partial charge in [-0.1, -0.05) is 30.3 Å². The summed E-state index contributed by atoms with van der Waals surface area (Å²) >= 11 is 1.43. The highest BCUT2D eigenvalue weighted by molar-refractivity contribution is 7.17. The van der Waals surface area contributed by atoms with Crippen LogP contribution in [0, 0.1) is 0 Å². The van der Waals surface area contributed by atoms with E-state index in [0.717, 1.165) is 11.1 Å². The van der Waals surface area contributed by atoms with Crippen molar-refractivity contribution in [1.29, 1.82) is 0 Å². The normalized spacial score (nSPS) is 11.2. The first kappa shape index (κ1) is 19.7. The molecule has 0 atom stereocenters. The minimum atomic E-state index is -0.247. The molecule has 0 bridgehead atoms. The van der Waals surface area contributed by atoms with Crippen LogP contribution in [0.15, 0.2) is 64.1 Å². The number of methoxy groups -OCH3 is 3. The van der Waals surface area contributed by atoms with Crippen LogP contribution >= 0.6 is 11.3 Å². The van der Waals surface area contributed by atoms with E-state index in [2.05, 4.69) is 10.1 Å². The number of fused-ring (bicyclic) bond motifs is 1. The Morgan fingerprint density at radius 1 is 1.03 bits per heavy atom. The van der Waals surface area contributed by atoms with Gasteiger partial charge in [0.1, 0.15) is 28.4 Å². The summed E-state index contributed by atoms with van der Waals surface area (Å²) in [5, 5.41) is 6.82. The van der Waals surface area contributed by atoms with Crippen molar-refractivity contribution in [3.05, 3.63) is 70.1 Å². The van der Waals surface area contributed by atoms with Gasteiger partial charge in [0.25, 0.3) is 5.56 Å². The van der Waals surface area contributed by atoms with Crippen molar-refractivity contribution in [2.24, 2.45) is 5.10 Å². The fourth-order valence-corrected chi connectivity index (χ4v) is 4.02. The summed E-state index contributed by atoms with van der Waals surface area (Å²) in [6.07, 6.45) is 2.93. The highest BCUT2D eigenvalue weighted by atomic mass is 32.1. The van der Waals surface area contributed by atoms with Gasteiger partial charge < -0.3 is 14.2 Å². The third kappa shape index (κ3) is 3.53. The van der Waals surface area contributed by atoms with Gasteiger partial charge in [-0.25, -0.2) is 4.98 Å². The second-order valence-corrected chi connectivity index (χ2v) is 7.14. The molecule has 0 saturated heterocycles. The maximum absolute atomic E-state index is 13.1. The number of ether oxygens (including phenoxy) is 3. The van der Waals surface area contributed by atoms with Gasteiger partial charge in [-0.15, -0.1) is 11.3 Å². The summed E-state index contributed by atoms with van der Waals surface area (Å²) in [5.74, 6) is 1.61. The topological polar surface area (TPSA) is 74.9 Å². The average Bonchev–Trinajstić information content (AvgIpc) is 3.23. The van der Waals surface area contributed by atoms with E-state index in [9.17, 15) is 4.79 Å². The minimum absolute atomic E-state index is 0.247. The summed E-state index contributed by atoms with van der Waals surface area (Å²) in [6, 6.07) is 13.2. The summed E-state index contributed by atoms with van der Waals surface area (Å²) < 4.78 is 17.3. The number of thiophene rings is 1. The van der Waals surface area contributed by atoms with Crippen LogP contribution < -0.4 is 19.8 Å². The van der Waals surface area contributed by atoms with Crippen LogP contribution in [0.4, 0.5) is 0 Å². The Bertz CT molecular complexity index is 1250. The molecule has 2 aromatic carbocycles. The van der Waals surface area contributed by atoms with Crippen molar-refractivity contribution in [2.45, 2.75) is 0 Å². The molecule has 0 radical (unpaired) electrons. The molecule has 0 spiro atoms. The van der Waals surface area contributed by atoms with Gasteiger partial charge in [0.05, 0.1) is 38.5 Å². The van der Waals surface area contributed by atoms with E-state index in [0.29, 0.717) is 33.0 Å². The molecule has 8 heteroatoms. The molecule has 7 nitrogen and oxygen atoms in total. The van der Waals surface area contributed by atoms with Crippen LogP contribution in [0.25, 0.3) is 21.3 Å². The first-order valence-electron chi connectivity index (χ1n) is 9.05. The molecule has 0 saturated carbocycles. The summed E-state index contributed by atoms with van der Waals surface area (Å²) in [4.78, 5) is 18.2. The van der Waals surface area contributed by atoms with Gasteiger partial charge in [-0.3, -0.25) is 4.79 Å². The number of benzene rings is 2. The zero-order chi connectivity index (χ0) is 21.1. The zero-order valence-corrected chi connectivity index (χ0v) is 17.5. The van der Waals surface area contributed by atoms with E-state index in [-0.39, 0.29) is 5.56 Å². The predicted molar refractivity (Wildman–Crippen MR) is 118 cm³/mol. The number of aromatic nitrogens is 2. The van der Waals surface area contributed by atoms with Crippen molar-refractivity contribution < 1.29 is 14.2 Å². The molecule has 0 fully saturated rings. The lowest BCUT2D eigenvalue weighted by molar-refractivity contribution is 0.374. The van der Waals surface area contributed by atoms with E-state index in [1.54, 1.807) is 33.5 Å². The molecule has 152 valence electrons. The molecule has 4 aromatic rings. The van der Waals surface area contributed by atoms with Gasteiger partial charge >= 0.3 is 0 Å². The van der Waals surface area contributed by atoms with Crippen LogP contribution in [0.5, 0.6) is 17.2 Å². The SMILES string of the molecule is COc1cc(OC)c(/C=N/n2cnc3scc(-c4ccccc4)c3c2=O)c(OC)c1. The molecule has 30 heavy (non-hydrogen) atoms. The maximum atomic E-state index is 13.1.